The molecule has 1 N–H and O–H groups in total. The fraction of sp³-hybridized carbons (Fsp3) is 0.750. The molecule has 1 aliphatic rings. The summed E-state index contributed by atoms with van der Waals surface area (Å²) in [7, 11) is 0. The predicted molar refractivity (Wildman–Crippen MR) is 50.5 cm³/mol. The number of thioether (sulfide) groups is 1. The van der Waals surface area contributed by atoms with Crippen LogP contribution in [-0.4, -0.2) is 40.1 Å². The highest BCUT2D eigenvalue weighted by Gasteiger charge is 2.25. The van der Waals surface area contributed by atoms with E-state index in [1.165, 1.54) is 16.7 Å². The Balaban J connectivity index is 2.35. The Hall–Kier alpha value is -0.550. The number of hydrogen-bond donors (Lipinski definition) is 1. The Bertz CT molecular complexity index is 192. The highest BCUT2D eigenvalue weighted by molar-refractivity contribution is 8.13. The molecule has 0 saturated carbocycles. The van der Waals surface area contributed by atoms with Gasteiger partial charge in [-0.2, -0.15) is 0 Å². The van der Waals surface area contributed by atoms with Gasteiger partial charge < -0.3 is 5.11 Å². The average Bonchev–Trinajstić information content (AvgIpc) is 2.10. The van der Waals surface area contributed by atoms with Crippen LogP contribution in [0.3, 0.4) is 0 Å². The van der Waals surface area contributed by atoms with Crippen LogP contribution < -0.4 is 0 Å². The lowest BCUT2D eigenvalue weighted by Crippen LogP contribution is -2.38. The first-order valence-corrected chi connectivity index (χ1v) is 5.32. The molecule has 13 heavy (non-hydrogen) atoms. The van der Waals surface area contributed by atoms with Crippen molar-refractivity contribution in [1.82, 2.24) is 4.90 Å². The van der Waals surface area contributed by atoms with Crippen LogP contribution in [0.5, 0.6) is 0 Å². The van der Waals surface area contributed by atoms with Crippen molar-refractivity contribution in [3.05, 3.63) is 0 Å². The first-order valence-electron chi connectivity index (χ1n) is 4.33. The van der Waals surface area contributed by atoms with E-state index in [0.29, 0.717) is 31.6 Å². The summed E-state index contributed by atoms with van der Waals surface area (Å²) in [6.45, 7) is 0.564. The minimum Gasteiger partial charge on any atom is -0.396 e. The second-order valence-corrected chi connectivity index (χ2v) is 3.89. The second kappa shape index (κ2) is 5.24. The Labute approximate surface area is 81.3 Å². The molecule has 1 rings (SSSR count). The van der Waals surface area contributed by atoms with Gasteiger partial charge in [-0.15, -0.1) is 0 Å². The molecule has 0 atom stereocenters. The highest BCUT2D eigenvalue weighted by atomic mass is 32.2. The molecular formula is C8H13NO3S. The third-order valence-electron chi connectivity index (χ3n) is 1.85. The monoisotopic (exact) mass is 203 g/mol. The molecule has 0 bridgehead atoms. The van der Waals surface area contributed by atoms with E-state index < -0.39 is 0 Å². The molecule has 0 aromatic heterocycles. The quantitative estimate of drug-likeness (QED) is 0.688. The molecule has 0 aromatic carbocycles. The zero-order valence-corrected chi connectivity index (χ0v) is 8.18. The number of rotatable bonds is 4. The lowest BCUT2D eigenvalue weighted by Gasteiger charge is -2.23. The van der Waals surface area contributed by atoms with E-state index in [1.54, 1.807) is 0 Å². The fourth-order valence-corrected chi connectivity index (χ4v) is 1.94. The molecule has 0 unspecified atom stereocenters. The van der Waals surface area contributed by atoms with E-state index in [9.17, 15) is 9.59 Å². The number of aliphatic hydroxyl groups is 1. The Kier molecular flexibility index (Phi) is 4.24. The van der Waals surface area contributed by atoms with Gasteiger partial charge in [-0.05, 0) is 12.8 Å². The summed E-state index contributed by atoms with van der Waals surface area (Å²) in [6, 6.07) is 0. The maximum Gasteiger partial charge on any atom is 0.288 e. The first-order chi connectivity index (χ1) is 6.25. The fourth-order valence-electron chi connectivity index (χ4n) is 1.14. The summed E-state index contributed by atoms with van der Waals surface area (Å²) in [6.07, 6.45) is 1.78. The number of amides is 2. The minimum atomic E-state index is -0.144. The van der Waals surface area contributed by atoms with Crippen LogP contribution in [-0.2, 0) is 4.79 Å². The molecule has 74 valence electrons. The molecule has 1 saturated heterocycles. The van der Waals surface area contributed by atoms with Crippen molar-refractivity contribution < 1.29 is 14.7 Å². The number of carbonyl (C=O) groups excluding carboxylic acids is 2. The second-order valence-electron chi connectivity index (χ2n) is 2.84. The largest absolute Gasteiger partial charge is 0.396 e. The number of aliphatic hydroxyl groups excluding tert-OH is 1. The van der Waals surface area contributed by atoms with Crippen LogP contribution in [0.15, 0.2) is 0 Å². The van der Waals surface area contributed by atoms with Crippen LogP contribution in [0.4, 0.5) is 4.79 Å². The van der Waals surface area contributed by atoms with Crippen LogP contribution >= 0.6 is 11.8 Å². The van der Waals surface area contributed by atoms with Gasteiger partial charge in [0.05, 0.1) is 0 Å². The zero-order valence-electron chi connectivity index (χ0n) is 7.36. The van der Waals surface area contributed by atoms with Gasteiger partial charge in [0, 0.05) is 25.3 Å². The van der Waals surface area contributed by atoms with Gasteiger partial charge in [0.25, 0.3) is 5.24 Å². The lowest BCUT2D eigenvalue weighted by atomic mass is 10.3. The molecule has 0 spiro atoms. The predicted octanol–water partition coefficient (Wildman–Crippen LogP) is 0.844. The Morgan fingerprint density at radius 3 is 2.77 bits per heavy atom. The van der Waals surface area contributed by atoms with Crippen molar-refractivity contribution in [1.29, 1.82) is 0 Å². The number of nitrogens with zero attached hydrogens (tertiary/aromatic N) is 1. The summed E-state index contributed by atoms with van der Waals surface area (Å²) in [4.78, 5) is 23.7. The summed E-state index contributed by atoms with van der Waals surface area (Å²) >= 11 is 1.19. The zero-order chi connectivity index (χ0) is 9.68. The van der Waals surface area contributed by atoms with Crippen LogP contribution in [0, 0.1) is 0 Å². The number of imide groups is 1. The van der Waals surface area contributed by atoms with Gasteiger partial charge in [0.15, 0.2) is 0 Å². The van der Waals surface area contributed by atoms with Gasteiger partial charge in [0.2, 0.25) is 5.91 Å². The summed E-state index contributed by atoms with van der Waals surface area (Å²) in [5.74, 6) is 0.524. The van der Waals surface area contributed by atoms with Gasteiger partial charge in [-0.1, -0.05) is 11.8 Å². The van der Waals surface area contributed by atoms with Gasteiger partial charge in [-0.3, -0.25) is 14.5 Å². The SMILES string of the molecule is O=C1CCSC(=O)N1CCCCO. The van der Waals surface area contributed by atoms with Crippen LogP contribution in [0.1, 0.15) is 19.3 Å². The van der Waals surface area contributed by atoms with Crippen molar-refractivity contribution in [2.24, 2.45) is 0 Å². The van der Waals surface area contributed by atoms with Crippen molar-refractivity contribution in [2.45, 2.75) is 19.3 Å². The van der Waals surface area contributed by atoms with E-state index in [-0.39, 0.29) is 17.8 Å². The topological polar surface area (TPSA) is 57.6 Å². The third kappa shape index (κ3) is 3.00. The van der Waals surface area contributed by atoms with Crippen LogP contribution in [0.2, 0.25) is 0 Å². The third-order valence-corrected chi connectivity index (χ3v) is 2.73. The molecule has 1 fully saturated rings. The minimum absolute atomic E-state index is 0.0818. The van der Waals surface area contributed by atoms with Gasteiger partial charge in [-0.25, -0.2) is 0 Å². The molecule has 1 aliphatic heterocycles. The molecule has 2 amide bonds. The first kappa shape index (κ1) is 10.5. The molecule has 1 heterocycles. The average molecular weight is 203 g/mol. The van der Waals surface area contributed by atoms with Crippen LogP contribution in [0.25, 0.3) is 0 Å². The molecule has 4 nitrogen and oxygen atoms in total. The van der Waals surface area contributed by atoms with E-state index in [0.717, 1.165) is 0 Å². The highest BCUT2D eigenvalue weighted by Crippen LogP contribution is 2.18. The summed E-state index contributed by atoms with van der Waals surface area (Å²) in [5, 5.41) is 8.39. The smallest absolute Gasteiger partial charge is 0.288 e. The van der Waals surface area contributed by atoms with E-state index in [1.807, 2.05) is 0 Å². The standard InChI is InChI=1S/C8H13NO3S/c10-5-2-1-4-9-7(11)3-6-13-8(9)12/h10H,1-6H2. The lowest BCUT2D eigenvalue weighted by molar-refractivity contribution is -0.127. The van der Waals surface area contributed by atoms with E-state index >= 15 is 0 Å². The number of carbonyl (C=O) groups is 2. The summed E-state index contributed by atoms with van der Waals surface area (Å²) in [5.41, 5.74) is 0. The normalized spacial score (nSPS) is 18.1. The van der Waals surface area contributed by atoms with Crippen molar-refractivity contribution in [3.8, 4) is 0 Å². The molecule has 0 radical (unpaired) electrons. The molecule has 5 heteroatoms. The van der Waals surface area contributed by atoms with Crippen molar-refractivity contribution in [2.75, 3.05) is 18.9 Å². The van der Waals surface area contributed by atoms with Crippen molar-refractivity contribution in [3.63, 3.8) is 0 Å². The maximum atomic E-state index is 11.2. The Morgan fingerprint density at radius 2 is 2.15 bits per heavy atom. The number of hydrogen-bond acceptors (Lipinski definition) is 4. The van der Waals surface area contributed by atoms with Gasteiger partial charge in [0.1, 0.15) is 0 Å². The molecule has 0 aliphatic carbocycles. The number of unbranched alkanes of at least 4 members (excludes halogenated alkanes) is 1. The Morgan fingerprint density at radius 1 is 1.38 bits per heavy atom. The van der Waals surface area contributed by atoms with E-state index in [4.69, 9.17) is 5.11 Å². The van der Waals surface area contributed by atoms with Crippen molar-refractivity contribution >= 4 is 22.9 Å². The molecular weight excluding hydrogens is 190 g/mol. The summed E-state index contributed by atoms with van der Waals surface area (Å²) < 4.78 is 0. The van der Waals surface area contributed by atoms with E-state index in [2.05, 4.69) is 0 Å². The maximum absolute atomic E-state index is 11.2. The molecule has 0 aromatic rings. The van der Waals surface area contributed by atoms with Gasteiger partial charge >= 0.3 is 0 Å².